The maximum Gasteiger partial charge on any atom is 0.208 e. The van der Waals surface area contributed by atoms with Gasteiger partial charge in [-0.05, 0) is 6.07 Å². The molecule has 0 bridgehead atoms. The van der Waals surface area contributed by atoms with Crippen LogP contribution in [0.4, 0.5) is 0 Å². The van der Waals surface area contributed by atoms with Crippen LogP contribution in [-0.2, 0) is 16.6 Å². The Labute approximate surface area is 88.7 Å². The molecule has 0 radical (unpaired) electrons. The highest BCUT2D eigenvalue weighted by atomic mass is 32.2. The van der Waals surface area contributed by atoms with E-state index in [1.54, 1.807) is 6.20 Å². The number of nitrogens with one attached hydrogen (secondary N) is 2. The zero-order valence-corrected chi connectivity index (χ0v) is 9.29. The van der Waals surface area contributed by atoms with Crippen molar-refractivity contribution < 1.29 is 8.42 Å². The van der Waals surface area contributed by atoms with Gasteiger partial charge in [0.05, 0.1) is 18.0 Å². The molecular weight excluding hydrogens is 216 g/mol. The monoisotopic (exact) mass is 230 g/mol. The molecule has 0 saturated carbocycles. The van der Waals surface area contributed by atoms with E-state index >= 15 is 0 Å². The predicted octanol–water partition coefficient (Wildman–Crippen LogP) is -0.923. The lowest BCUT2D eigenvalue weighted by Gasteiger charge is -2.25. The summed E-state index contributed by atoms with van der Waals surface area (Å²) in [5.41, 5.74) is 1.08. The summed E-state index contributed by atoms with van der Waals surface area (Å²) in [5.74, 6) is 0. The molecule has 0 spiro atoms. The van der Waals surface area contributed by atoms with Crippen LogP contribution in [0.15, 0.2) is 12.3 Å². The molecule has 0 unspecified atom stereocenters. The molecule has 2 rings (SSSR count). The predicted molar refractivity (Wildman–Crippen MR) is 55.8 cm³/mol. The smallest absolute Gasteiger partial charge is 0.208 e. The largest absolute Gasteiger partial charge is 0.309 e. The van der Waals surface area contributed by atoms with Crippen LogP contribution in [0.25, 0.3) is 0 Å². The van der Waals surface area contributed by atoms with Gasteiger partial charge in [0.15, 0.2) is 0 Å². The molecule has 0 aromatic carbocycles. The lowest BCUT2D eigenvalue weighted by molar-refractivity contribution is 0.365. The molecule has 0 aliphatic carbocycles. The Balaban J connectivity index is 2.07. The van der Waals surface area contributed by atoms with Crippen molar-refractivity contribution in [3.8, 4) is 0 Å². The third-order valence-corrected chi connectivity index (χ3v) is 3.06. The maximum absolute atomic E-state index is 11.0. The fourth-order valence-corrected chi connectivity index (χ4v) is 2.17. The second kappa shape index (κ2) is 3.92. The zero-order chi connectivity index (χ0) is 10.9. The van der Waals surface area contributed by atoms with E-state index in [4.69, 9.17) is 0 Å². The molecular formula is C8H14N4O2S. The molecule has 15 heavy (non-hydrogen) atoms. The molecule has 1 aromatic heterocycles. The standard InChI is InChI=1S/C8H14N4O2S/c1-15(13,14)11-6-8-5-9-4-7-2-3-10-12(7)8/h2-3,8-9,11H,4-6H2,1H3/t8-/m0/s1. The first kappa shape index (κ1) is 10.6. The molecule has 84 valence electrons. The molecule has 2 N–H and O–H groups in total. The van der Waals surface area contributed by atoms with Gasteiger partial charge in [-0.2, -0.15) is 5.10 Å². The summed E-state index contributed by atoms with van der Waals surface area (Å²) in [5, 5.41) is 7.40. The van der Waals surface area contributed by atoms with Crippen molar-refractivity contribution in [3.63, 3.8) is 0 Å². The van der Waals surface area contributed by atoms with Gasteiger partial charge in [-0.1, -0.05) is 0 Å². The molecule has 7 heteroatoms. The number of sulfonamides is 1. The summed E-state index contributed by atoms with van der Waals surface area (Å²) in [6, 6.07) is 1.98. The second-order valence-corrected chi connectivity index (χ2v) is 5.51. The minimum Gasteiger partial charge on any atom is -0.309 e. The summed E-state index contributed by atoms with van der Waals surface area (Å²) in [4.78, 5) is 0. The topological polar surface area (TPSA) is 76.0 Å². The lowest BCUT2D eigenvalue weighted by atomic mass is 10.2. The highest BCUT2D eigenvalue weighted by molar-refractivity contribution is 7.88. The molecule has 1 aliphatic heterocycles. The minimum atomic E-state index is -3.13. The normalized spacial score (nSPS) is 21.3. The van der Waals surface area contributed by atoms with E-state index in [0.717, 1.165) is 25.0 Å². The number of aromatic nitrogens is 2. The van der Waals surface area contributed by atoms with Gasteiger partial charge in [-0.15, -0.1) is 0 Å². The van der Waals surface area contributed by atoms with Gasteiger partial charge in [0.2, 0.25) is 10.0 Å². The average molecular weight is 230 g/mol. The van der Waals surface area contributed by atoms with Crippen LogP contribution in [0.5, 0.6) is 0 Å². The average Bonchev–Trinajstić information content (AvgIpc) is 2.61. The highest BCUT2D eigenvalue weighted by Gasteiger charge is 2.20. The molecule has 1 aliphatic rings. The molecule has 0 fully saturated rings. The fraction of sp³-hybridized carbons (Fsp3) is 0.625. The van der Waals surface area contributed by atoms with E-state index in [-0.39, 0.29) is 6.04 Å². The Hall–Kier alpha value is -0.920. The van der Waals surface area contributed by atoms with Gasteiger partial charge >= 0.3 is 0 Å². The van der Waals surface area contributed by atoms with Gasteiger partial charge in [0.1, 0.15) is 0 Å². The first-order chi connectivity index (χ1) is 7.06. The van der Waals surface area contributed by atoms with Crippen LogP contribution in [0, 0.1) is 0 Å². The van der Waals surface area contributed by atoms with Crippen molar-refractivity contribution in [1.29, 1.82) is 0 Å². The Morgan fingerprint density at radius 2 is 2.53 bits per heavy atom. The number of rotatable bonds is 3. The van der Waals surface area contributed by atoms with Crippen LogP contribution >= 0.6 is 0 Å². The van der Waals surface area contributed by atoms with Crippen LogP contribution in [0.3, 0.4) is 0 Å². The van der Waals surface area contributed by atoms with Crippen LogP contribution in [-0.4, -0.2) is 37.5 Å². The van der Waals surface area contributed by atoms with E-state index in [2.05, 4.69) is 15.1 Å². The summed E-state index contributed by atoms with van der Waals surface area (Å²) in [6.07, 6.45) is 2.89. The van der Waals surface area contributed by atoms with Crippen molar-refractivity contribution in [2.24, 2.45) is 0 Å². The maximum atomic E-state index is 11.0. The number of fused-ring (bicyclic) bond motifs is 1. The molecule has 6 nitrogen and oxygen atoms in total. The van der Waals surface area contributed by atoms with Crippen molar-refractivity contribution in [2.75, 3.05) is 19.3 Å². The van der Waals surface area contributed by atoms with Crippen LogP contribution < -0.4 is 10.0 Å². The molecule has 2 heterocycles. The molecule has 0 amide bonds. The van der Waals surface area contributed by atoms with Crippen LogP contribution in [0.2, 0.25) is 0 Å². The molecule has 1 aromatic rings. The fourth-order valence-electron chi connectivity index (χ4n) is 1.67. The quantitative estimate of drug-likeness (QED) is 0.704. The lowest BCUT2D eigenvalue weighted by Crippen LogP contribution is -2.40. The number of nitrogens with zero attached hydrogens (tertiary/aromatic N) is 2. The minimum absolute atomic E-state index is 0.0541. The summed E-state index contributed by atoms with van der Waals surface area (Å²) in [7, 11) is -3.13. The Bertz CT molecular complexity index is 439. The molecule has 0 saturated heterocycles. The number of hydrogen-bond donors (Lipinski definition) is 2. The SMILES string of the molecule is CS(=O)(=O)NC[C@@H]1CNCc2ccnn21. The highest BCUT2D eigenvalue weighted by Crippen LogP contribution is 2.12. The van der Waals surface area contributed by atoms with Gasteiger partial charge in [-0.25, -0.2) is 13.1 Å². The van der Waals surface area contributed by atoms with Gasteiger partial charge in [-0.3, -0.25) is 4.68 Å². The van der Waals surface area contributed by atoms with E-state index in [1.807, 2.05) is 10.7 Å². The van der Waals surface area contributed by atoms with Crippen LogP contribution in [0.1, 0.15) is 11.7 Å². The van der Waals surface area contributed by atoms with E-state index in [9.17, 15) is 8.42 Å². The van der Waals surface area contributed by atoms with Crippen molar-refractivity contribution in [2.45, 2.75) is 12.6 Å². The van der Waals surface area contributed by atoms with Crippen molar-refractivity contribution in [3.05, 3.63) is 18.0 Å². The first-order valence-corrected chi connectivity index (χ1v) is 6.63. The summed E-state index contributed by atoms with van der Waals surface area (Å²) in [6.45, 7) is 1.90. The van der Waals surface area contributed by atoms with Crippen molar-refractivity contribution in [1.82, 2.24) is 19.8 Å². The van der Waals surface area contributed by atoms with Gasteiger partial charge in [0.25, 0.3) is 0 Å². The summed E-state index contributed by atoms with van der Waals surface area (Å²) < 4.78 is 26.3. The second-order valence-electron chi connectivity index (χ2n) is 3.67. The number of hydrogen-bond acceptors (Lipinski definition) is 4. The van der Waals surface area contributed by atoms with Crippen molar-refractivity contribution >= 4 is 10.0 Å². The molecule has 1 atom stereocenters. The van der Waals surface area contributed by atoms with E-state index in [0.29, 0.717) is 6.54 Å². The third kappa shape index (κ3) is 2.55. The Morgan fingerprint density at radius 3 is 3.27 bits per heavy atom. The first-order valence-electron chi connectivity index (χ1n) is 4.74. The Kier molecular flexibility index (Phi) is 2.76. The van der Waals surface area contributed by atoms with Gasteiger partial charge < -0.3 is 5.32 Å². The Morgan fingerprint density at radius 1 is 1.73 bits per heavy atom. The zero-order valence-electron chi connectivity index (χ0n) is 8.47. The third-order valence-electron chi connectivity index (χ3n) is 2.37. The van der Waals surface area contributed by atoms with E-state index in [1.165, 1.54) is 0 Å². The van der Waals surface area contributed by atoms with Gasteiger partial charge in [0, 0.05) is 25.8 Å². The summed E-state index contributed by atoms with van der Waals surface area (Å²) >= 11 is 0. The van der Waals surface area contributed by atoms with E-state index < -0.39 is 10.0 Å².